The van der Waals surface area contributed by atoms with Crippen LogP contribution in [0.4, 0.5) is 25.0 Å². The van der Waals surface area contributed by atoms with Crippen LogP contribution in [0.25, 0.3) is 0 Å². The van der Waals surface area contributed by atoms with E-state index in [0.29, 0.717) is 5.56 Å². The third-order valence-corrected chi connectivity index (χ3v) is 4.13. The Hall–Kier alpha value is -3.82. The van der Waals surface area contributed by atoms with Crippen LogP contribution < -0.4 is 16.0 Å². The summed E-state index contributed by atoms with van der Waals surface area (Å²) in [7, 11) is 0. The zero-order valence-corrected chi connectivity index (χ0v) is 14.5. The van der Waals surface area contributed by atoms with Gasteiger partial charge in [-0.1, -0.05) is 0 Å². The minimum absolute atomic E-state index is 0.0311. The van der Waals surface area contributed by atoms with Gasteiger partial charge in [0, 0.05) is 29.6 Å². The fourth-order valence-corrected chi connectivity index (χ4v) is 2.81. The van der Waals surface area contributed by atoms with Crippen molar-refractivity contribution >= 4 is 23.3 Å². The summed E-state index contributed by atoms with van der Waals surface area (Å²) in [5, 5.41) is 18.3. The number of nitro benzene ring substituents is 1. The van der Waals surface area contributed by atoms with Crippen molar-refractivity contribution in [1.82, 2.24) is 10.6 Å². The molecule has 1 heterocycles. The second-order valence-corrected chi connectivity index (χ2v) is 6.00. The molecule has 1 aliphatic rings. The van der Waals surface area contributed by atoms with E-state index in [1.165, 1.54) is 37.3 Å². The molecule has 2 aromatic rings. The van der Waals surface area contributed by atoms with Crippen LogP contribution in [0, 0.1) is 21.7 Å². The van der Waals surface area contributed by atoms with E-state index in [4.69, 9.17) is 0 Å². The molecule has 3 N–H and O–H groups in total. The molecule has 3 rings (SSSR count). The Morgan fingerprint density at radius 2 is 1.82 bits per heavy atom. The first-order valence-electron chi connectivity index (χ1n) is 8.05. The minimum Gasteiger partial charge on any atom is -0.327 e. The third kappa shape index (κ3) is 3.80. The van der Waals surface area contributed by atoms with Gasteiger partial charge in [-0.3, -0.25) is 14.9 Å². The van der Waals surface area contributed by atoms with Crippen LogP contribution >= 0.6 is 0 Å². The summed E-state index contributed by atoms with van der Waals surface area (Å²) in [6, 6.07) is 6.82. The van der Waals surface area contributed by atoms with Gasteiger partial charge < -0.3 is 16.0 Å². The van der Waals surface area contributed by atoms with Crippen LogP contribution in [0.1, 0.15) is 18.5 Å². The highest BCUT2D eigenvalue weighted by atomic mass is 19.2. The Balaban J connectivity index is 1.93. The highest BCUT2D eigenvalue weighted by Gasteiger charge is 2.31. The van der Waals surface area contributed by atoms with Gasteiger partial charge in [0.2, 0.25) is 0 Å². The Morgan fingerprint density at radius 3 is 2.43 bits per heavy atom. The molecule has 1 aliphatic heterocycles. The lowest BCUT2D eigenvalue weighted by atomic mass is 9.94. The van der Waals surface area contributed by atoms with Crippen molar-refractivity contribution in [3.8, 4) is 0 Å². The van der Waals surface area contributed by atoms with Gasteiger partial charge >= 0.3 is 6.03 Å². The normalized spacial score (nSPS) is 16.2. The summed E-state index contributed by atoms with van der Waals surface area (Å²) in [6.45, 7) is 1.51. The molecule has 10 heteroatoms. The quantitative estimate of drug-likeness (QED) is 0.551. The molecule has 0 saturated heterocycles. The molecular formula is C18H14F2N4O4. The highest BCUT2D eigenvalue weighted by molar-refractivity contribution is 6.06. The molecular weight excluding hydrogens is 374 g/mol. The number of nitrogens with zero attached hydrogens (tertiary/aromatic N) is 1. The molecule has 3 amide bonds. The standard InChI is InChI=1S/C18H14F2N4O4/c1-9-15(17(25)22-11-4-7-13(19)14(20)8-11)16(23-18(26)21-9)10-2-5-12(6-3-10)24(27)28/h2-8,16H,1H3,(H,22,25)(H2,21,23,26). The number of carbonyl (C=O) groups excluding carboxylic acids is 2. The molecule has 8 nitrogen and oxygen atoms in total. The van der Waals surface area contributed by atoms with Crippen LogP contribution in [0.5, 0.6) is 0 Å². The van der Waals surface area contributed by atoms with Gasteiger partial charge in [0.25, 0.3) is 11.6 Å². The molecule has 0 spiro atoms. The number of carbonyl (C=O) groups is 2. The van der Waals surface area contributed by atoms with E-state index in [0.717, 1.165) is 12.1 Å². The minimum atomic E-state index is -1.12. The molecule has 144 valence electrons. The summed E-state index contributed by atoms with van der Waals surface area (Å²) < 4.78 is 26.4. The number of halogens is 2. The summed E-state index contributed by atoms with van der Waals surface area (Å²) in [5.74, 6) is -2.83. The maximum absolute atomic E-state index is 13.4. The van der Waals surface area contributed by atoms with Crippen LogP contribution in [0.3, 0.4) is 0 Å². The fraction of sp³-hybridized carbons (Fsp3) is 0.111. The van der Waals surface area contributed by atoms with E-state index in [2.05, 4.69) is 16.0 Å². The molecule has 0 fully saturated rings. The molecule has 0 saturated carbocycles. The summed E-state index contributed by atoms with van der Waals surface area (Å²) in [4.78, 5) is 34.9. The van der Waals surface area contributed by atoms with Gasteiger partial charge in [-0.2, -0.15) is 0 Å². The Labute approximate surface area is 157 Å². The first-order valence-corrected chi connectivity index (χ1v) is 8.05. The number of nitrogens with one attached hydrogen (secondary N) is 3. The van der Waals surface area contributed by atoms with Gasteiger partial charge in [0.05, 0.1) is 16.5 Å². The zero-order chi connectivity index (χ0) is 20.4. The van der Waals surface area contributed by atoms with Gasteiger partial charge in [-0.25, -0.2) is 13.6 Å². The van der Waals surface area contributed by atoms with E-state index in [9.17, 15) is 28.5 Å². The number of benzene rings is 2. The monoisotopic (exact) mass is 388 g/mol. The Morgan fingerprint density at radius 1 is 1.14 bits per heavy atom. The Bertz CT molecular complexity index is 1010. The van der Waals surface area contributed by atoms with Crippen molar-refractivity contribution in [3.63, 3.8) is 0 Å². The number of allylic oxidation sites excluding steroid dienone is 1. The third-order valence-electron chi connectivity index (χ3n) is 4.13. The topological polar surface area (TPSA) is 113 Å². The summed E-state index contributed by atoms with van der Waals surface area (Å²) in [5.41, 5.74) is 0.710. The summed E-state index contributed by atoms with van der Waals surface area (Å²) in [6.07, 6.45) is 0. The van der Waals surface area contributed by atoms with E-state index < -0.39 is 34.5 Å². The number of anilines is 1. The van der Waals surface area contributed by atoms with Gasteiger partial charge in [-0.05, 0) is 36.8 Å². The van der Waals surface area contributed by atoms with E-state index >= 15 is 0 Å². The van der Waals surface area contributed by atoms with Crippen molar-refractivity contribution < 1.29 is 23.3 Å². The van der Waals surface area contributed by atoms with Gasteiger partial charge in [-0.15, -0.1) is 0 Å². The SMILES string of the molecule is CC1=C(C(=O)Nc2ccc(F)c(F)c2)C(c2ccc([N+](=O)[O-])cc2)NC(=O)N1. The summed E-state index contributed by atoms with van der Waals surface area (Å²) >= 11 is 0. The molecule has 2 aromatic carbocycles. The van der Waals surface area contributed by atoms with Gasteiger partial charge in [0.15, 0.2) is 11.6 Å². The maximum atomic E-state index is 13.4. The number of urea groups is 1. The van der Waals surface area contributed by atoms with Crippen LogP contribution in [0.15, 0.2) is 53.7 Å². The predicted molar refractivity (Wildman–Crippen MR) is 95.2 cm³/mol. The van der Waals surface area contributed by atoms with Crippen LogP contribution in [0.2, 0.25) is 0 Å². The van der Waals surface area contributed by atoms with Crippen molar-refractivity contribution in [2.45, 2.75) is 13.0 Å². The van der Waals surface area contributed by atoms with Crippen LogP contribution in [-0.2, 0) is 4.79 Å². The molecule has 1 unspecified atom stereocenters. The molecule has 0 aromatic heterocycles. The molecule has 1 atom stereocenters. The molecule has 0 bridgehead atoms. The highest BCUT2D eigenvalue weighted by Crippen LogP contribution is 2.29. The average molecular weight is 388 g/mol. The number of nitro groups is 1. The van der Waals surface area contributed by atoms with Crippen molar-refractivity contribution in [3.05, 3.63) is 81.0 Å². The number of amides is 3. The van der Waals surface area contributed by atoms with Crippen molar-refractivity contribution in [2.24, 2.45) is 0 Å². The van der Waals surface area contributed by atoms with E-state index in [1.54, 1.807) is 0 Å². The first-order chi connectivity index (χ1) is 13.3. The number of hydrogen-bond donors (Lipinski definition) is 3. The number of hydrogen-bond acceptors (Lipinski definition) is 4. The lowest BCUT2D eigenvalue weighted by Gasteiger charge is -2.28. The Kier molecular flexibility index (Phi) is 5.03. The molecule has 28 heavy (non-hydrogen) atoms. The number of non-ortho nitro benzene ring substituents is 1. The van der Waals surface area contributed by atoms with Gasteiger partial charge in [0.1, 0.15) is 0 Å². The van der Waals surface area contributed by atoms with E-state index in [-0.39, 0.29) is 22.6 Å². The maximum Gasteiger partial charge on any atom is 0.319 e. The van der Waals surface area contributed by atoms with E-state index in [1.807, 2.05) is 0 Å². The second kappa shape index (κ2) is 7.43. The number of rotatable bonds is 4. The largest absolute Gasteiger partial charge is 0.327 e. The first kappa shape index (κ1) is 19.0. The van der Waals surface area contributed by atoms with Crippen molar-refractivity contribution in [2.75, 3.05) is 5.32 Å². The predicted octanol–water partition coefficient (Wildman–Crippen LogP) is 3.14. The molecule has 0 radical (unpaired) electrons. The lowest BCUT2D eigenvalue weighted by molar-refractivity contribution is -0.384. The molecule has 0 aliphatic carbocycles. The zero-order valence-electron chi connectivity index (χ0n) is 14.5. The lowest BCUT2D eigenvalue weighted by Crippen LogP contribution is -2.45. The van der Waals surface area contributed by atoms with Crippen molar-refractivity contribution in [1.29, 1.82) is 0 Å². The second-order valence-electron chi connectivity index (χ2n) is 6.00. The smallest absolute Gasteiger partial charge is 0.319 e. The fourth-order valence-electron chi connectivity index (χ4n) is 2.81. The average Bonchev–Trinajstić information content (AvgIpc) is 2.64. The van der Waals surface area contributed by atoms with Crippen LogP contribution in [-0.4, -0.2) is 16.9 Å².